The molecule has 1 unspecified atom stereocenters. The first kappa shape index (κ1) is 55.0. The van der Waals surface area contributed by atoms with Gasteiger partial charge in [0.05, 0.1) is 0 Å². The van der Waals surface area contributed by atoms with Crippen molar-refractivity contribution < 1.29 is 11.3 Å². The topological polar surface area (TPSA) is 0 Å². The van der Waals surface area contributed by atoms with Crippen molar-refractivity contribution in [1.29, 1.82) is 0 Å². The summed E-state index contributed by atoms with van der Waals surface area (Å²) in [5, 5.41) is 8.98. The second-order valence-corrected chi connectivity index (χ2v) is 36.0. The third-order valence-electron chi connectivity index (χ3n) is 12.6. The van der Waals surface area contributed by atoms with Gasteiger partial charge in [-0.1, -0.05) is 182 Å². The molecule has 0 nitrogen and oxygen atoms in total. The molecule has 0 saturated carbocycles. The fourth-order valence-electron chi connectivity index (χ4n) is 8.15. The summed E-state index contributed by atoms with van der Waals surface area (Å²) in [6.45, 7) is 52.4. The van der Waals surface area contributed by atoms with Crippen LogP contribution in [-0.4, -0.2) is 0 Å². The van der Waals surface area contributed by atoms with E-state index in [1.54, 1.807) is 0 Å². The summed E-state index contributed by atoms with van der Waals surface area (Å²) in [6.07, 6.45) is 0. The molecule has 0 aromatic heterocycles. The van der Waals surface area contributed by atoms with Gasteiger partial charge >= 0.3 is 39.6 Å². The minimum absolute atomic E-state index is 0.00294. The van der Waals surface area contributed by atoms with Crippen LogP contribution in [0.1, 0.15) is 190 Å². The van der Waals surface area contributed by atoms with Crippen LogP contribution < -0.4 is 31.8 Å². The molecule has 0 aliphatic rings. The number of halogens is 2. The van der Waals surface area contributed by atoms with Gasteiger partial charge < -0.3 is 0 Å². The Morgan fingerprint density at radius 2 is 0.500 bits per heavy atom. The first-order valence-electron chi connectivity index (χ1n) is 23.3. The van der Waals surface area contributed by atoms with E-state index in [1.807, 2.05) is 0 Å². The Bertz CT molecular complexity index is 2220. The molecule has 5 rings (SSSR count). The molecule has 5 aromatic rings. The van der Waals surface area contributed by atoms with E-state index in [0.29, 0.717) is 0 Å². The Hall–Kier alpha value is -1.56. The van der Waals surface area contributed by atoms with Crippen molar-refractivity contribution in [3.05, 3.63) is 142 Å². The van der Waals surface area contributed by atoms with E-state index in [9.17, 15) is 0 Å². The Labute approximate surface area is 415 Å². The van der Waals surface area contributed by atoms with Gasteiger partial charge in [0.2, 0.25) is 0 Å². The van der Waals surface area contributed by atoms with Crippen molar-refractivity contribution in [3.8, 4) is 0 Å². The summed E-state index contributed by atoms with van der Waals surface area (Å²) >= 11 is 7.00. The molecule has 0 radical (unpaired) electrons. The van der Waals surface area contributed by atoms with E-state index in [-0.39, 0.29) is 37.9 Å². The molecule has 0 bridgehead atoms. The van der Waals surface area contributed by atoms with Crippen molar-refractivity contribution in [2.45, 2.75) is 190 Å². The minimum atomic E-state index is -1.59. The summed E-state index contributed by atoms with van der Waals surface area (Å²) in [4.78, 5) is 0. The summed E-state index contributed by atoms with van der Waals surface area (Å²) in [7, 11) is -3.15. The van der Waals surface area contributed by atoms with E-state index < -0.39 is 15.8 Å². The van der Waals surface area contributed by atoms with Gasteiger partial charge in [-0.2, -0.15) is 0 Å². The van der Waals surface area contributed by atoms with Gasteiger partial charge in [-0.25, -0.2) is 0 Å². The Balaban J connectivity index is 0.00000291. The standard InChI is InChI=1S/C59H82P2.2BrH.Fe/c1-39-27-40(53(2,3)4)32-47(28-39)60(48-33-41(54(5,6)7)29-42(34-48)55(8,9)10)51-25-23-24-26-52(51)61(49-35-43(56(11,12)13)30-44(36-49)57(14,15)16)50-37-45(58(17,18)19)31-46(38-50)59(20,21)22;;;/h23-38H,1-22H3;2*1H;/q;;;+2. The molecule has 64 heavy (non-hydrogen) atoms. The quantitative estimate of drug-likeness (QED) is 0.117. The van der Waals surface area contributed by atoms with E-state index >= 15 is 0 Å². The number of rotatable bonds is 6. The first-order valence-corrected chi connectivity index (χ1v) is 31.7. The van der Waals surface area contributed by atoms with Crippen molar-refractivity contribution in [2.75, 3.05) is 0 Å². The molecular weight excluding hydrogens is 986 g/mol. The monoisotopic (exact) mass is 1070 g/mol. The number of aryl methyl sites for hydroxylation is 1. The number of hydrogen-bond acceptors (Lipinski definition) is 0. The van der Waals surface area contributed by atoms with Crippen LogP contribution in [0.2, 0.25) is 0 Å². The molecule has 0 fully saturated rings. The third kappa shape index (κ3) is 14.0. The predicted octanol–water partition coefficient (Wildman–Crippen LogP) is 15.7. The van der Waals surface area contributed by atoms with Gasteiger partial charge in [0, 0.05) is 0 Å². The molecule has 0 N–H and O–H groups in total. The van der Waals surface area contributed by atoms with Crippen molar-refractivity contribution in [2.24, 2.45) is 0 Å². The molecule has 1 atom stereocenters. The van der Waals surface area contributed by atoms with Gasteiger partial charge in [0.25, 0.3) is 0 Å². The SMILES string of the molecule is Cc1cc([PH+](c2cc(C(C)(C)C)cc(C(C)(C)C)c2)c2ccccc2[PH+](c2cc(C(C)(C)C)cc(C(C)(C)C)c2)c2cc(C(C)(C)C)cc(C(C)(C)C)c2)cc(C(C)(C)C)c1.[Br][Fe][Br]. The van der Waals surface area contributed by atoms with Crippen LogP contribution in [-0.2, 0) is 49.2 Å². The van der Waals surface area contributed by atoms with Crippen LogP contribution in [0.15, 0.2) is 97.1 Å². The summed E-state index contributed by atoms with van der Waals surface area (Å²) < 4.78 is 0. The van der Waals surface area contributed by atoms with Gasteiger partial charge in [0.15, 0.2) is 0 Å². The van der Waals surface area contributed by atoms with Crippen molar-refractivity contribution in [1.82, 2.24) is 0 Å². The fraction of sp³-hybridized carbons (Fsp3) is 0.492. The molecule has 350 valence electrons. The predicted molar refractivity (Wildman–Crippen MR) is 300 cm³/mol. The maximum absolute atomic E-state index is 3.06. The summed E-state index contributed by atoms with van der Waals surface area (Å²) in [5.41, 5.74) is 11.3. The van der Waals surface area contributed by atoms with Gasteiger partial charge in [-0.15, -0.1) is 0 Å². The Morgan fingerprint density at radius 1 is 0.312 bits per heavy atom. The van der Waals surface area contributed by atoms with Crippen LogP contribution in [0.3, 0.4) is 0 Å². The Morgan fingerprint density at radius 3 is 0.703 bits per heavy atom. The van der Waals surface area contributed by atoms with Gasteiger partial charge in [-0.05, 0) is 150 Å². The zero-order chi connectivity index (χ0) is 48.8. The van der Waals surface area contributed by atoms with Crippen molar-refractivity contribution >= 4 is 75.9 Å². The molecule has 0 aliphatic carbocycles. The van der Waals surface area contributed by atoms with E-state index in [2.05, 4.69) is 278 Å². The fourth-order valence-corrected chi connectivity index (χ4v) is 14.5. The molecule has 0 spiro atoms. The number of benzene rings is 5. The molecule has 0 saturated heterocycles. The van der Waals surface area contributed by atoms with Crippen molar-refractivity contribution in [3.63, 3.8) is 0 Å². The third-order valence-corrected chi connectivity index (χ3v) is 18.2. The summed E-state index contributed by atoms with van der Waals surface area (Å²) in [5.74, 6) is 0. The molecule has 5 aromatic carbocycles. The van der Waals surface area contributed by atoms with Gasteiger partial charge in [0.1, 0.15) is 47.7 Å². The van der Waals surface area contributed by atoms with Crippen LogP contribution in [0.5, 0.6) is 0 Å². The second-order valence-electron chi connectivity index (χ2n) is 25.6. The molecule has 0 aliphatic heterocycles. The zero-order valence-corrected chi connectivity index (χ0v) is 50.1. The summed E-state index contributed by atoms with van der Waals surface area (Å²) in [6, 6.07) is 40.4. The van der Waals surface area contributed by atoms with Gasteiger partial charge in [-0.3, -0.25) is 0 Å². The van der Waals surface area contributed by atoms with Crippen LogP contribution in [0.4, 0.5) is 0 Å². The zero-order valence-electron chi connectivity index (χ0n) is 43.8. The Kier molecular flexibility index (Phi) is 17.4. The number of hydrogen-bond donors (Lipinski definition) is 0. The normalized spacial score (nSPS) is 13.8. The molecule has 0 amide bonds. The maximum atomic E-state index is 3.06. The first-order chi connectivity index (χ1) is 29.0. The molecular formula is C59H84Br2FeP2+2. The van der Waals surface area contributed by atoms with E-state index in [1.165, 1.54) is 76.3 Å². The van der Waals surface area contributed by atoms with Crippen LogP contribution in [0.25, 0.3) is 0 Å². The van der Waals surface area contributed by atoms with E-state index in [4.69, 9.17) is 0 Å². The second kappa shape index (κ2) is 20.2. The van der Waals surface area contributed by atoms with Crippen LogP contribution in [0, 0.1) is 6.92 Å². The molecule has 0 heterocycles. The molecule has 5 heteroatoms. The van der Waals surface area contributed by atoms with E-state index in [0.717, 1.165) is 11.3 Å². The average Bonchev–Trinajstić information content (AvgIpc) is 3.13. The van der Waals surface area contributed by atoms with Crippen LogP contribution >= 0.6 is 44.1 Å². The average molecular weight is 1070 g/mol.